The first-order valence-electron chi connectivity index (χ1n) is 5.19. The van der Waals surface area contributed by atoms with Gasteiger partial charge in [-0.3, -0.25) is 4.79 Å². The third kappa shape index (κ3) is 3.06. The average Bonchev–Trinajstić information content (AvgIpc) is 2.64. The number of carboxylic acids is 1. The van der Waals surface area contributed by atoms with Crippen molar-refractivity contribution in [3.8, 4) is 0 Å². The minimum absolute atomic E-state index is 0.174. The fourth-order valence-corrected chi connectivity index (χ4v) is 1.73. The smallest absolute Gasteiger partial charge is 0.332 e. The van der Waals surface area contributed by atoms with Crippen LogP contribution in [0, 0.1) is 0 Å². The molecule has 0 aromatic carbocycles. The van der Waals surface area contributed by atoms with E-state index in [-0.39, 0.29) is 5.91 Å². The SMILES string of the molecule is C=C(C)CN(C)C(=O)[C@@H]1CC[C@H](C(=O)O)O1. The van der Waals surface area contributed by atoms with Crippen molar-refractivity contribution in [1.29, 1.82) is 0 Å². The van der Waals surface area contributed by atoms with Gasteiger partial charge in [-0.05, 0) is 19.8 Å². The lowest BCUT2D eigenvalue weighted by Gasteiger charge is -2.20. The second-order valence-corrected chi connectivity index (χ2v) is 4.18. The number of ether oxygens (including phenoxy) is 1. The summed E-state index contributed by atoms with van der Waals surface area (Å²) in [6, 6.07) is 0. The first-order chi connectivity index (χ1) is 7.41. The van der Waals surface area contributed by atoms with Crippen LogP contribution in [0.1, 0.15) is 19.8 Å². The average molecular weight is 227 g/mol. The van der Waals surface area contributed by atoms with Gasteiger partial charge in [-0.25, -0.2) is 4.79 Å². The van der Waals surface area contributed by atoms with Gasteiger partial charge < -0.3 is 14.7 Å². The fraction of sp³-hybridized carbons (Fsp3) is 0.636. The summed E-state index contributed by atoms with van der Waals surface area (Å²) in [5.74, 6) is -1.18. The van der Waals surface area contributed by atoms with Crippen molar-refractivity contribution >= 4 is 11.9 Å². The Kier molecular flexibility index (Phi) is 4.06. The molecule has 0 aromatic rings. The summed E-state index contributed by atoms with van der Waals surface area (Å²) >= 11 is 0. The van der Waals surface area contributed by atoms with E-state index in [0.717, 1.165) is 5.57 Å². The lowest BCUT2D eigenvalue weighted by Crippen LogP contribution is -2.37. The predicted octanol–water partition coefficient (Wildman–Crippen LogP) is 0.653. The summed E-state index contributed by atoms with van der Waals surface area (Å²) in [5.41, 5.74) is 0.878. The number of aliphatic carboxylic acids is 1. The predicted molar refractivity (Wildman–Crippen MR) is 58.0 cm³/mol. The Morgan fingerprint density at radius 1 is 1.44 bits per heavy atom. The summed E-state index contributed by atoms with van der Waals surface area (Å²) in [6.45, 7) is 6.02. The Morgan fingerprint density at radius 2 is 2.00 bits per heavy atom. The molecule has 0 spiro atoms. The number of carbonyl (C=O) groups is 2. The Bertz CT molecular complexity index is 313. The quantitative estimate of drug-likeness (QED) is 0.716. The molecule has 0 unspecified atom stereocenters. The van der Waals surface area contributed by atoms with E-state index in [0.29, 0.717) is 19.4 Å². The number of likely N-dealkylation sites (N-methyl/N-ethyl adjacent to an activating group) is 1. The van der Waals surface area contributed by atoms with Gasteiger partial charge in [0.2, 0.25) is 0 Å². The zero-order valence-corrected chi connectivity index (χ0v) is 9.60. The van der Waals surface area contributed by atoms with E-state index in [2.05, 4.69) is 6.58 Å². The van der Waals surface area contributed by atoms with E-state index in [1.54, 1.807) is 7.05 Å². The van der Waals surface area contributed by atoms with Crippen LogP contribution in [0.3, 0.4) is 0 Å². The molecule has 5 nitrogen and oxygen atoms in total. The monoisotopic (exact) mass is 227 g/mol. The van der Waals surface area contributed by atoms with Crippen LogP contribution in [-0.4, -0.2) is 47.7 Å². The van der Waals surface area contributed by atoms with Gasteiger partial charge in [0.15, 0.2) is 6.10 Å². The highest BCUT2D eigenvalue weighted by Gasteiger charge is 2.35. The molecule has 1 fully saturated rings. The standard InChI is InChI=1S/C11H17NO4/c1-7(2)6-12(3)10(13)8-4-5-9(16-8)11(14)15/h8-9H,1,4-6H2,2-3H3,(H,14,15)/t8-,9+/m0/s1. The molecule has 1 aliphatic rings. The van der Waals surface area contributed by atoms with E-state index < -0.39 is 18.2 Å². The Labute approximate surface area is 94.7 Å². The van der Waals surface area contributed by atoms with Gasteiger partial charge in [-0.1, -0.05) is 12.2 Å². The lowest BCUT2D eigenvalue weighted by molar-refractivity contribution is -0.154. The molecular formula is C11H17NO4. The topological polar surface area (TPSA) is 66.8 Å². The molecule has 90 valence electrons. The van der Waals surface area contributed by atoms with Crippen molar-refractivity contribution in [3.05, 3.63) is 12.2 Å². The fourth-order valence-electron chi connectivity index (χ4n) is 1.73. The number of hydrogen-bond donors (Lipinski definition) is 1. The van der Waals surface area contributed by atoms with Crippen LogP contribution in [0.25, 0.3) is 0 Å². The zero-order valence-electron chi connectivity index (χ0n) is 9.60. The van der Waals surface area contributed by atoms with Gasteiger partial charge in [0.05, 0.1) is 0 Å². The highest BCUT2D eigenvalue weighted by atomic mass is 16.5. The molecule has 0 saturated carbocycles. The van der Waals surface area contributed by atoms with Crippen LogP contribution in [0.15, 0.2) is 12.2 Å². The maximum atomic E-state index is 11.8. The van der Waals surface area contributed by atoms with E-state index in [9.17, 15) is 9.59 Å². The van der Waals surface area contributed by atoms with Crippen molar-refractivity contribution in [3.63, 3.8) is 0 Å². The maximum absolute atomic E-state index is 11.8. The normalized spacial score (nSPS) is 24.1. The summed E-state index contributed by atoms with van der Waals surface area (Å²) < 4.78 is 5.17. The number of carboxylic acid groups (broad SMARTS) is 1. The zero-order chi connectivity index (χ0) is 12.3. The molecule has 0 bridgehead atoms. The molecule has 0 radical (unpaired) electrons. The molecule has 1 heterocycles. The molecule has 1 saturated heterocycles. The van der Waals surface area contributed by atoms with Crippen molar-refractivity contribution in [1.82, 2.24) is 4.90 Å². The molecule has 16 heavy (non-hydrogen) atoms. The minimum atomic E-state index is -1.00. The van der Waals surface area contributed by atoms with Gasteiger partial charge in [0.1, 0.15) is 6.10 Å². The molecule has 0 aromatic heterocycles. The number of carbonyl (C=O) groups excluding carboxylic acids is 1. The van der Waals surface area contributed by atoms with Crippen LogP contribution in [0.2, 0.25) is 0 Å². The second kappa shape index (κ2) is 5.12. The van der Waals surface area contributed by atoms with Crippen LogP contribution >= 0.6 is 0 Å². The largest absolute Gasteiger partial charge is 0.479 e. The molecule has 1 N–H and O–H groups in total. The van der Waals surface area contributed by atoms with Crippen LogP contribution in [-0.2, 0) is 14.3 Å². The van der Waals surface area contributed by atoms with Gasteiger partial charge in [-0.2, -0.15) is 0 Å². The molecular weight excluding hydrogens is 210 g/mol. The van der Waals surface area contributed by atoms with Gasteiger partial charge in [-0.15, -0.1) is 0 Å². The minimum Gasteiger partial charge on any atom is -0.479 e. The van der Waals surface area contributed by atoms with Crippen LogP contribution < -0.4 is 0 Å². The van der Waals surface area contributed by atoms with E-state index in [1.165, 1.54) is 4.90 Å². The van der Waals surface area contributed by atoms with E-state index >= 15 is 0 Å². The molecule has 1 aliphatic heterocycles. The van der Waals surface area contributed by atoms with Crippen LogP contribution in [0.5, 0.6) is 0 Å². The molecule has 1 rings (SSSR count). The highest BCUT2D eigenvalue weighted by Crippen LogP contribution is 2.21. The van der Waals surface area contributed by atoms with Crippen LogP contribution in [0.4, 0.5) is 0 Å². The third-order valence-electron chi connectivity index (χ3n) is 2.45. The molecule has 5 heteroatoms. The van der Waals surface area contributed by atoms with E-state index in [1.807, 2.05) is 6.92 Å². The Hall–Kier alpha value is -1.36. The number of rotatable bonds is 4. The lowest BCUT2D eigenvalue weighted by atomic mass is 10.2. The maximum Gasteiger partial charge on any atom is 0.332 e. The van der Waals surface area contributed by atoms with Gasteiger partial charge in [0, 0.05) is 13.6 Å². The van der Waals surface area contributed by atoms with Crippen molar-refractivity contribution in [2.24, 2.45) is 0 Å². The third-order valence-corrected chi connectivity index (χ3v) is 2.45. The summed E-state index contributed by atoms with van der Waals surface area (Å²) in [6.07, 6.45) is -0.596. The molecule has 1 amide bonds. The number of amides is 1. The van der Waals surface area contributed by atoms with Crippen molar-refractivity contribution in [2.75, 3.05) is 13.6 Å². The second-order valence-electron chi connectivity index (χ2n) is 4.18. The Balaban J connectivity index is 2.50. The van der Waals surface area contributed by atoms with E-state index in [4.69, 9.17) is 9.84 Å². The van der Waals surface area contributed by atoms with Crippen molar-refractivity contribution < 1.29 is 19.4 Å². The molecule has 0 aliphatic carbocycles. The van der Waals surface area contributed by atoms with Gasteiger partial charge in [0.25, 0.3) is 5.91 Å². The van der Waals surface area contributed by atoms with Crippen molar-refractivity contribution in [2.45, 2.75) is 32.0 Å². The summed E-state index contributed by atoms with van der Waals surface area (Å²) in [5, 5.41) is 8.73. The highest BCUT2D eigenvalue weighted by molar-refractivity contribution is 5.82. The Morgan fingerprint density at radius 3 is 2.44 bits per heavy atom. The first kappa shape index (κ1) is 12.7. The summed E-state index contributed by atoms with van der Waals surface area (Å²) in [4.78, 5) is 24.0. The molecule has 2 atom stereocenters. The number of nitrogens with zero attached hydrogens (tertiary/aromatic N) is 1. The van der Waals surface area contributed by atoms with Gasteiger partial charge >= 0.3 is 5.97 Å². The first-order valence-corrected chi connectivity index (χ1v) is 5.19. The summed E-state index contributed by atoms with van der Waals surface area (Å²) in [7, 11) is 1.66. The number of hydrogen-bond acceptors (Lipinski definition) is 3.